The molecule has 0 bridgehead atoms. The Labute approximate surface area is 127 Å². The predicted octanol–water partition coefficient (Wildman–Crippen LogP) is 4.99. The van der Waals surface area contributed by atoms with Crippen LogP contribution in [0.3, 0.4) is 0 Å². The molecule has 106 valence electrons. The molecule has 20 heavy (non-hydrogen) atoms. The van der Waals surface area contributed by atoms with Gasteiger partial charge < -0.3 is 5.11 Å². The molecule has 0 saturated carbocycles. The molecule has 3 heteroatoms. The van der Waals surface area contributed by atoms with Crippen molar-refractivity contribution in [1.29, 1.82) is 0 Å². The highest BCUT2D eigenvalue weighted by Crippen LogP contribution is 2.24. The highest BCUT2D eigenvalue weighted by atomic mass is 79.9. The summed E-state index contributed by atoms with van der Waals surface area (Å²) in [7, 11) is 0. The Kier molecular flexibility index (Phi) is 4.95. The quantitative estimate of drug-likeness (QED) is 0.833. The molecule has 0 aliphatic rings. The Morgan fingerprint density at radius 3 is 2.20 bits per heavy atom. The molecule has 2 rings (SSSR count). The summed E-state index contributed by atoms with van der Waals surface area (Å²) in [4.78, 5) is 0. The van der Waals surface area contributed by atoms with Crippen LogP contribution in [0.4, 0.5) is 4.39 Å². The number of hydrogen-bond acceptors (Lipinski definition) is 1. The Morgan fingerprint density at radius 2 is 1.65 bits per heavy atom. The first kappa shape index (κ1) is 15.2. The van der Waals surface area contributed by atoms with Crippen LogP contribution in [0.15, 0.2) is 46.9 Å². The minimum atomic E-state index is -0.692. The van der Waals surface area contributed by atoms with Gasteiger partial charge in [0.25, 0.3) is 0 Å². The van der Waals surface area contributed by atoms with E-state index in [1.807, 2.05) is 12.1 Å². The molecule has 0 heterocycles. The van der Waals surface area contributed by atoms with Gasteiger partial charge in [0.2, 0.25) is 0 Å². The maximum Gasteiger partial charge on any atom is 0.137 e. The maximum atomic E-state index is 13.5. The fraction of sp³-hybridized carbons (Fsp3) is 0.294. The van der Waals surface area contributed by atoms with Gasteiger partial charge in [-0.1, -0.05) is 44.2 Å². The van der Waals surface area contributed by atoms with Crippen molar-refractivity contribution in [2.24, 2.45) is 0 Å². The fourth-order valence-corrected chi connectivity index (χ4v) is 2.35. The van der Waals surface area contributed by atoms with Crippen LogP contribution in [0.5, 0.6) is 0 Å². The fourth-order valence-electron chi connectivity index (χ4n) is 2.10. The SMILES string of the molecule is CC(C)c1ccc(CC(O)c2ccc(Br)c(F)c2)cc1. The van der Waals surface area contributed by atoms with Crippen molar-refractivity contribution >= 4 is 15.9 Å². The van der Waals surface area contributed by atoms with Crippen LogP contribution >= 0.6 is 15.9 Å². The standard InChI is InChI=1S/C17H18BrFO/c1-11(2)13-5-3-12(4-6-13)9-17(20)14-7-8-15(18)16(19)10-14/h3-8,10-11,17,20H,9H2,1-2H3. The first-order valence-electron chi connectivity index (χ1n) is 6.69. The summed E-state index contributed by atoms with van der Waals surface area (Å²) in [6.07, 6.45) is -0.207. The van der Waals surface area contributed by atoms with Crippen molar-refractivity contribution in [1.82, 2.24) is 0 Å². The van der Waals surface area contributed by atoms with E-state index in [9.17, 15) is 9.50 Å². The van der Waals surface area contributed by atoms with E-state index in [4.69, 9.17) is 0 Å². The van der Waals surface area contributed by atoms with E-state index in [0.717, 1.165) is 5.56 Å². The van der Waals surface area contributed by atoms with E-state index in [-0.39, 0.29) is 5.82 Å². The Morgan fingerprint density at radius 1 is 1.05 bits per heavy atom. The third-order valence-corrected chi connectivity index (χ3v) is 4.05. The summed E-state index contributed by atoms with van der Waals surface area (Å²) in [6, 6.07) is 12.9. The average molecular weight is 337 g/mol. The van der Waals surface area contributed by atoms with Crippen LogP contribution in [0.2, 0.25) is 0 Å². The molecule has 0 amide bonds. The summed E-state index contributed by atoms with van der Waals surface area (Å²) in [6.45, 7) is 4.29. The topological polar surface area (TPSA) is 20.2 Å². The highest BCUT2D eigenvalue weighted by molar-refractivity contribution is 9.10. The molecular weight excluding hydrogens is 319 g/mol. The second kappa shape index (κ2) is 6.51. The largest absolute Gasteiger partial charge is 0.388 e. The minimum absolute atomic E-state index is 0.350. The Bertz CT molecular complexity index is 578. The van der Waals surface area contributed by atoms with E-state index >= 15 is 0 Å². The predicted molar refractivity (Wildman–Crippen MR) is 83.3 cm³/mol. The lowest BCUT2D eigenvalue weighted by Gasteiger charge is -2.13. The summed E-state index contributed by atoms with van der Waals surface area (Å²) in [5, 5.41) is 10.2. The monoisotopic (exact) mass is 336 g/mol. The van der Waals surface area contributed by atoms with Gasteiger partial charge in [-0.05, 0) is 50.7 Å². The molecule has 0 aromatic heterocycles. The van der Waals surface area contributed by atoms with E-state index in [0.29, 0.717) is 22.4 Å². The molecule has 1 atom stereocenters. The van der Waals surface area contributed by atoms with Gasteiger partial charge in [-0.25, -0.2) is 4.39 Å². The molecule has 0 saturated heterocycles. The second-order valence-electron chi connectivity index (χ2n) is 5.29. The molecular formula is C17H18BrFO. The van der Waals surface area contributed by atoms with E-state index in [1.165, 1.54) is 11.6 Å². The molecule has 0 spiro atoms. The molecule has 0 radical (unpaired) electrons. The summed E-state index contributed by atoms with van der Waals surface area (Å²) in [5.41, 5.74) is 2.92. The molecule has 1 nitrogen and oxygen atoms in total. The first-order chi connectivity index (χ1) is 9.47. The lowest BCUT2D eigenvalue weighted by molar-refractivity contribution is 0.178. The van der Waals surface area contributed by atoms with Gasteiger partial charge in [-0.3, -0.25) is 0 Å². The van der Waals surface area contributed by atoms with Gasteiger partial charge in [-0.15, -0.1) is 0 Å². The highest BCUT2D eigenvalue weighted by Gasteiger charge is 2.11. The van der Waals surface area contributed by atoms with Gasteiger partial charge in [0.1, 0.15) is 5.82 Å². The summed E-state index contributed by atoms with van der Waals surface area (Å²) < 4.78 is 13.9. The van der Waals surface area contributed by atoms with E-state index in [2.05, 4.69) is 41.9 Å². The summed E-state index contributed by atoms with van der Waals surface area (Å²) >= 11 is 3.11. The van der Waals surface area contributed by atoms with Gasteiger partial charge in [-0.2, -0.15) is 0 Å². The molecule has 0 fully saturated rings. The second-order valence-corrected chi connectivity index (χ2v) is 6.14. The third-order valence-electron chi connectivity index (χ3n) is 3.40. The van der Waals surface area contributed by atoms with Crippen LogP contribution in [-0.2, 0) is 6.42 Å². The van der Waals surface area contributed by atoms with Crippen LogP contribution in [0.1, 0.15) is 42.6 Å². The molecule has 2 aromatic rings. The zero-order valence-electron chi connectivity index (χ0n) is 11.6. The number of halogens is 2. The number of aliphatic hydroxyl groups excluding tert-OH is 1. The third kappa shape index (κ3) is 3.68. The summed E-state index contributed by atoms with van der Waals surface area (Å²) in [5.74, 6) is 0.145. The molecule has 0 aliphatic carbocycles. The lowest BCUT2D eigenvalue weighted by Crippen LogP contribution is -2.02. The number of benzene rings is 2. The molecule has 1 unspecified atom stereocenters. The van der Waals surface area contributed by atoms with Crippen molar-refractivity contribution in [2.75, 3.05) is 0 Å². The van der Waals surface area contributed by atoms with Crippen LogP contribution < -0.4 is 0 Å². The van der Waals surface area contributed by atoms with Crippen LogP contribution in [0.25, 0.3) is 0 Å². The van der Waals surface area contributed by atoms with E-state index < -0.39 is 6.10 Å². The number of aliphatic hydroxyl groups is 1. The van der Waals surface area contributed by atoms with Crippen molar-refractivity contribution in [2.45, 2.75) is 32.3 Å². The van der Waals surface area contributed by atoms with Gasteiger partial charge in [0.05, 0.1) is 10.6 Å². The minimum Gasteiger partial charge on any atom is -0.388 e. The van der Waals surface area contributed by atoms with Crippen LogP contribution in [0, 0.1) is 5.82 Å². The van der Waals surface area contributed by atoms with Gasteiger partial charge >= 0.3 is 0 Å². The Balaban J connectivity index is 2.10. The zero-order chi connectivity index (χ0) is 14.7. The molecule has 0 aliphatic heterocycles. The van der Waals surface area contributed by atoms with Crippen LogP contribution in [-0.4, -0.2) is 5.11 Å². The van der Waals surface area contributed by atoms with Crippen molar-refractivity contribution in [3.05, 3.63) is 69.4 Å². The first-order valence-corrected chi connectivity index (χ1v) is 7.48. The number of rotatable bonds is 4. The molecule has 2 aromatic carbocycles. The van der Waals surface area contributed by atoms with Crippen molar-refractivity contribution in [3.63, 3.8) is 0 Å². The van der Waals surface area contributed by atoms with Crippen molar-refractivity contribution in [3.8, 4) is 0 Å². The van der Waals surface area contributed by atoms with Gasteiger partial charge in [0.15, 0.2) is 0 Å². The average Bonchev–Trinajstić information content (AvgIpc) is 2.42. The Hall–Kier alpha value is -1.19. The maximum absolute atomic E-state index is 13.5. The van der Waals surface area contributed by atoms with Gasteiger partial charge in [0, 0.05) is 6.42 Å². The molecule has 1 N–H and O–H groups in total. The lowest BCUT2D eigenvalue weighted by atomic mass is 9.97. The van der Waals surface area contributed by atoms with Crippen molar-refractivity contribution < 1.29 is 9.50 Å². The van der Waals surface area contributed by atoms with E-state index in [1.54, 1.807) is 12.1 Å². The normalized spacial score (nSPS) is 12.7. The number of hydrogen-bond donors (Lipinski definition) is 1. The zero-order valence-corrected chi connectivity index (χ0v) is 13.2. The smallest absolute Gasteiger partial charge is 0.137 e.